The van der Waals surface area contributed by atoms with Crippen LogP contribution in [0.25, 0.3) is 0 Å². The van der Waals surface area contributed by atoms with Gasteiger partial charge in [-0.2, -0.15) is 0 Å². The number of ether oxygens (including phenoxy) is 3. The molecule has 0 unspecified atom stereocenters. The lowest BCUT2D eigenvalue weighted by Gasteiger charge is -2.22. The summed E-state index contributed by atoms with van der Waals surface area (Å²) in [5.41, 5.74) is 2.11. The maximum atomic E-state index is 14.4. The first-order valence-corrected chi connectivity index (χ1v) is 9.15. The summed E-state index contributed by atoms with van der Waals surface area (Å²) in [4.78, 5) is 15.2. The van der Waals surface area contributed by atoms with Gasteiger partial charge in [0.1, 0.15) is 25.1 Å². The lowest BCUT2D eigenvalue weighted by molar-refractivity contribution is 0.160. The third-order valence-electron chi connectivity index (χ3n) is 5.04. The Hall–Kier alpha value is -2.48. The van der Waals surface area contributed by atoms with Crippen molar-refractivity contribution in [3.8, 4) is 17.5 Å². The molecule has 0 aromatic carbocycles. The lowest BCUT2D eigenvalue weighted by atomic mass is 10.2. The third-order valence-corrected chi connectivity index (χ3v) is 5.04. The number of likely N-dealkylation sites (tertiary alicyclic amines) is 1. The van der Waals surface area contributed by atoms with Gasteiger partial charge in [-0.25, -0.2) is 14.4 Å². The minimum Gasteiger partial charge on any atom is -0.484 e. The van der Waals surface area contributed by atoms with Crippen LogP contribution in [0.5, 0.6) is 17.5 Å². The van der Waals surface area contributed by atoms with E-state index in [1.54, 1.807) is 6.20 Å². The van der Waals surface area contributed by atoms with Crippen molar-refractivity contribution >= 4 is 0 Å². The molecule has 2 aliphatic heterocycles. The quantitative estimate of drug-likeness (QED) is 0.814. The summed E-state index contributed by atoms with van der Waals surface area (Å²) in [6.07, 6.45) is 2.47. The Bertz CT molecular complexity index is 848. The molecule has 1 fully saturated rings. The maximum Gasteiger partial charge on any atom is 0.257 e. The molecule has 2 aliphatic rings. The second kappa shape index (κ2) is 7.26. The number of fused-ring (bicyclic) bond motifs is 1. The molecule has 0 amide bonds. The summed E-state index contributed by atoms with van der Waals surface area (Å²) in [5, 5.41) is 0. The summed E-state index contributed by atoms with van der Waals surface area (Å²) in [6.45, 7) is 7.84. The van der Waals surface area contributed by atoms with Crippen LogP contribution in [-0.2, 0) is 6.54 Å². The normalized spacial score (nSPS) is 22.1. The molecule has 0 aliphatic carbocycles. The van der Waals surface area contributed by atoms with Gasteiger partial charge in [0.2, 0.25) is 5.88 Å². The molecule has 0 radical (unpaired) electrons. The minimum absolute atomic E-state index is 0.0170. The number of aromatic nitrogens is 3. The Morgan fingerprint density at radius 2 is 2.04 bits per heavy atom. The Morgan fingerprint density at radius 1 is 1.22 bits per heavy atom. The molecule has 7 nitrogen and oxygen atoms in total. The molecule has 4 heterocycles. The predicted molar refractivity (Wildman–Crippen MR) is 95.6 cm³/mol. The number of pyridine rings is 1. The Kier molecular flexibility index (Phi) is 4.82. The number of aryl methyl sites for hydroxylation is 2. The first-order chi connectivity index (χ1) is 13.0. The summed E-state index contributed by atoms with van der Waals surface area (Å²) in [7, 11) is 0. The molecular weight excluding hydrogens is 351 g/mol. The van der Waals surface area contributed by atoms with Crippen LogP contribution in [0.1, 0.15) is 30.4 Å². The van der Waals surface area contributed by atoms with Crippen LogP contribution < -0.4 is 14.2 Å². The highest BCUT2D eigenvalue weighted by atomic mass is 19.1. The first kappa shape index (κ1) is 17.9. The molecule has 0 bridgehead atoms. The van der Waals surface area contributed by atoms with E-state index >= 15 is 0 Å². The van der Waals surface area contributed by atoms with Crippen LogP contribution in [0.15, 0.2) is 12.3 Å². The number of halogens is 1. The van der Waals surface area contributed by atoms with E-state index in [0.717, 1.165) is 17.8 Å². The summed E-state index contributed by atoms with van der Waals surface area (Å²) < 4.78 is 31.3. The number of hydrogen-bond acceptors (Lipinski definition) is 7. The maximum absolute atomic E-state index is 14.4. The van der Waals surface area contributed by atoms with Crippen LogP contribution in [0, 0.1) is 19.7 Å². The smallest absolute Gasteiger partial charge is 0.257 e. The summed E-state index contributed by atoms with van der Waals surface area (Å²) in [5.74, 6) is 0.880. The molecule has 1 saturated heterocycles. The van der Waals surface area contributed by atoms with Crippen molar-refractivity contribution in [2.24, 2.45) is 0 Å². The monoisotopic (exact) mass is 374 g/mol. The number of hydrogen-bond donors (Lipinski definition) is 0. The Balaban J connectivity index is 1.43. The highest BCUT2D eigenvalue weighted by Crippen LogP contribution is 2.31. The largest absolute Gasteiger partial charge is 0.484 e. The van der Waals surface area contributed by atoms with E-state index in [2.05, 4.69) is 26.8 Å². The highest BCUT2D eigenvalue weighted by Gasteiger charge is 2.32. The molecule has 144 valence electrons. The van der Waals surface area contributed by atoms with Crippen molar-refractivity contribution in [3.63, 3.8) is 0 Å². The van der Waals surface area contributed by atoms with Crippen molar-refractivity contribution in [2.45, 2.75) is 45.9 Å². The topological polar surface area (TPSA) is 69.6 Å². The van der Waals surface area contributed by atoms with E-state index in [9.17, 15) is 4.39 Å². The molecule has 2 aromatic heterocycles. The molecule has 2 atom stereocenters. The van der Waals surface area contributed by atoms with Crippen molar-refractivity contribution in [2.75, 3.05) is 19.8 Å². The van der Waals surface area contributed by atoms with E-state index in [1.807, 2.05) is 13.8 Å². The van der Waals surface area contributed by atoms with Crippen LogP contribution in [0.4, 0.5) is 4.39 Å². The standard InChI is InChI=1S/C19H23FN4O3/c1-11-6-14(27-18-8-21-12(2)13(3)22-18)9-24(11)10-16-15(20)7-17-19(23-16)26-5-4-25-17/h7-8,11,14H,4-6,9-10H2,1-3H3/t11-,14+/m0/s1. The van der Waals surface area contributed by atoms with Gasteiger partial charge in [0, 0.05) is 31.6 Å². The summed E-state index contributed by atoms with van der Waals surface area (Å²) in [6, 6.07) is 1.60. The van der Waals surface area contributed by atoms with E-state index < -0.39 is 0 Å². The molecular formula is C19H23FN4O3. The fraction of sp³-hybridized carbons (Fsp3) is 0.526. The number of rotatable bonds is 4. The second-order valence-electron chi connectivity index (χ2n) is 7.05. The van der Waals surface area contributed by atoms with Crippen LogP contribution in [-0.4, -0.2) is 51.8 Å². The third kappa shape index (κ3) is 3.80. The van der Waals surface area contributed by atoms with Crippen molar-refractivity contribution in [1.82, 2.24) is 19.9 Å². The van der Waals surface area contributed by atoms with Crippen molar-refractivity contribution < 1.29 is 18.6 Å². The van der Waals surface area contributed by atoms with E-state index in [4.69, 9.17) is 14.2 Å². The molecule has 0 saturated carbocycles. The SMILES string of the molecule is Cc1ncc(O[C@@H]2C[C@H](C)N(Cc3nc4c(cc3F)OCCO4)C2)nc1C. The van der Waals surface area contributed by atoms with Gasteiger partial charge in [-0.05, 0) is 20.8 Å². The molecule has 2 aromatic rings. The van der Waals surface area contributed by atoms with Crippen LogP contribution >= 0.6 is 0 Å². The number of nitrogens with zero attached hydrogens (tertiary/aromatic N) is 4. The molecule has 27 heavy (non-hydrogen) atoms. The average molecular weight is 374 g/mol. The van der Waals surface area contributed by atoms with Gasteiger partial charge in [-0.1, -0.05) is 0 Å². The van der Waals surface area contributed by atoms with Gasteiger partial charge in [0.25, 0.3) is 5.88 Å². The zero-order chi connectivity index (χ0) is 19.0. The fourth-order valence-corrected chi connectivity index (χ4v) is 3.39. The lowest BCUT2D eigenvalue weighted by Crippen LogP contribution is -2.29. The fourth-order valence-electron chi connectivity index (χ4n) is 3.39. The van der Waals surface area contributed by atoms with Crippen molar-refractivity contribution in [3.05, 3.63) is 35.2 Å². The highest BCUT2D eigenvalue weighted by molar-refractivity contribution is 5.36. The zero-order valence-electron chi connectivity index (χ0n) is 15.7. The predicted octanol–water partition coefficient (Wildman–Crippen LogP) is 2.44. The van der Waals surface area contributed by atoms with Crippen molar-refractivity contribution in [1.29, 1.82) is 0 Å². The molecule has 0 N–H and O–H groups in total. The van der Waals surface area contributed by atoms with Gasteiger partial charge < -0.3 is 14.2 Å². The average Bonchev–Trinajstić information content (AvgIpc) is 2.98. The van der Waals surface area contributed by atoms with Gasteiger partial charge in [-0.15, -0.1) is 0 Å². The van der Waals surface area contributed by atoms with Gasteiger partial charge in [0.15, 0.2) is 5.75 Å². The van der Waals surface area contributed by atoms with E-state index in [1.165, 1.54) is 6.07 Å². The minimum atomic E-state index is -0.379. The molecule has 8 heteroatoms. The first-order valence-electron chi connectivity index (χ1n) is 9.15. The van der Waals surface area contributed by atoms with Gasteiger partial charge in [-0.3, -0.25) is 9.88 Å². The van der Waals surface area contributed by atoms with Crippen LogP contribution in [0.3, 0.4) is 0 Å². The summed E-state index contributed by atoms with van der Waals surface area (Å²) >= 11 is 0. The Labute approximate surface area is 157 Å². The van der Waals surface area contributed by atoms with Gasteiger partial charge >= 0.3 is 0 Å². The molecule has 0 spiro atoms. The van der Waals surface area contributed by atoms with E-state index in [0.29, 0.717) is 49.5 Å². The van der Waals surface area contributed by atoms with Gasteiger partial charge in [0.05, 0.1) is 23.3 Å². The van der Waals surface area contributed by atoms with E-state index in [-0.39, 0.29) is 18.0 Å². The second-order valence-corrected chi connectivity index (χ2v) is 7.05. The zero-order valence-corrected chi connectivity index (χ0v) is 15.7. The Morgan fingerprint density at radius 3 is 2.85 bits per heavy atom. The van der Waals surface area contributed by atoms with Crippen LogP contribution in [0.2, 0.25) is 0 Å². The molecule has 4 rings (SSSR count).